The molecular formula is C10H10N4OS. The summed E-state index contributed by atoms with van der Waals surface area (Å²) in [7, 11) is 1.80. The molecule has 16 heavy (non-hydrogen) atoms. The van der Waals surface area contributed by atoms with Crippen molar-refractivity contribution in [1.29, 1.82) is 0 Å². The number of aryl methyl sites for hydroxylation is 1. The van der Waals surface area contributed by atoms with Crippen LogP contribution in [-0.4, -0.2) is 25.5 Å². The quantitative estimate of drug-likeness (QED) is 0.754. The van der Waals surface area contributed by atoms with Crippen LogP contribution in [0.3, 0.4) is 0 Å². The fourth-order valence-electron chi connectivity index (χ4n) is 1.20. The molecule has 0 amide bonds. The summed E-state index contributed by atoms with van der Waals surface area (Å²) >= 11 is 1.33. The summed E-state index contributed by atoms with van der Waals surface area (Å²) in [6, 6.07) is 3.51. The Morgan fingerprint density at radius 3 is 2.88 bits per heavy atom. The molecule has 0 aliphatic rings. The van der Waals surface area contributed by atoms with E-state index in [0.717, 1.165) is 0 Å². The van der Waals surface area contributed by atoms with Crippen molar-refractivity contribution in [3.63, 3.8) is 0 Å². The van der Waals surface area contributed by atoms with Crippen molar-refractivity contribution in [2.75, 3.05) is 0 Å². The molecule has 0 aromatic carbocycles. The fraction of sp³-hybridized carbons (Fsp3) is 0.200. The van der Waals surface area contributed by atoms with E-state index in [1.165, 1.54) is 25.0 Å². The van der Waals surface area contributed by atoms with Gasteiger partial charge in [0.15, 0.2) is 10.9 Å². The molecule has 0 bridgehead atoms. The Kier molecular flexibility index (Phi) is 3.00. The summed E-state index contributed by atoms with van der Waals surface area (Å²) in [5.74, 6) is -0.00207. The predicted molar refractivity (Wildman–Crippen MR) is 59.4 cm³/mol. The number of carbonyl (C=O) groups is 1. The van der Waals surface area contributed by atoms with E-state index in [-0.39, 0.29) is 5.78 Å². The van der Waals surface area contributed by atoms with Gasteiger partial charge in [0.05, 0.1) is 0 Å². The van der Waals surface area contributed by atoms with Crippen LogP contribution in [0.1, 0.15) is 17.3 Å². The van der Waals surface area contributed by atoms with E-state index < -0.39 is 0 Å². The lowest BCUT2D eigenvalue weighted by atomic mass is 10.2. The van der Waals surface area contributed by atoms with E-state index in [2.05, 4.69) is 15.1 Å². The molecule has 0 saturated heterocycles. The van der Waals surface area contributed by atoms with E-state index in [1.54, 1.807) is 30.1 Å². The Morgan fingerprint density at radius 1 is 1.44 bits per heavy atom. The van der Waals surface area contributed by atoms with Crippen molar-refractivity contribution in [3.8, 4) is 0 Å². The lowest BCUT2D eigenvalue weighted by molar-refractivity contribution is 0.101. The minimum Gasteiger partial charge on any atom is -0.294 e. The van der Waals surface area contributed by atoms with Crippen LogP contribution in [-0.2, 0) is 7.05 Å². The average molecular weight is 234 g/mol. The SMILES string of the molecule is CC(=O)c1cccnc1Sc1ncnn1C. The second-order valence-electron chi connectivity index (χ2n) is 3.18. The van der Waals surface area contributed by atoms with Crippen molar-refractivity contribution < 1.29 is 4.79 Å². The van der Waals surface area contributed by atoms with Gasteiger partial charge in [-0.3, -0.25) is 4.79 Å². The molecule has 2 heterocycles. The normalized spacial score (nSPS) is 10.4. The van der Waals surface area contributed by atoms with E-state index in [1.807, 2.05) is 0 Å². The van der Waals surface area contributed by atoms with Gasteiger partial charge < -0.3 is 0 Å². The largest absolute Gasteiger partial charge is 0.294 e. The van der Waals surface area contributed by atoms with Gasteiger partial charge in [0.2, 0.25) is 0 Å². The van der Waals surface area contributed by atoms with Crippen molar-refractivity contribution >= 4 is 17.5 Å². The fourth-order valence-corrected chi connectivity index (χ4v) is 2.09. The summed E-state index contributed by atoms with van der Waals surface area (Å²) in [6.07, 6.45) is 3.13. The zero-order valence-corrected chi connectivity index (χ0v) is 9.73. The molecule has 2 aromatic heterocycles. The maximum absolute atomic E-state index is 11.4. The number of hydrogen-bond acceptors (Lipinski definition) is 5. The number of nitrogens with zero attached hydrogens (tertiary/aromatic N) is 4. The smallest absolute Gasteiger partial charge is 0.192 e. The van der Waals surface area contributed by atoms with Gasteiger partial charge in [-0.15, -0.1) is 0 Å². The molecule has 0 fully saturated rings. The predicted octanol–water partition coefficient (Wildman–Crippen LogP) is 1.56. The third-order valence-electron chi connectivity index (χ3n) is 2.01. The van der Waals surface area contributed by atoms with Crippen molar-refractivity contribution in [1.82, 2.24) is 19.7 Å². The number of aromatic nitrogens is 4. The maximum atomic E-state index is 11.4. The molecule has 82 valence electrons. The molecule has 0 aliphatic carbocycles. The highest BCUT2D eigenvalue weighted by Crippen LogP contribution is 2.26. The van der Waals surface area contributed by atoms with Gasteiger partial charge in [-0.05, 0) is 30.8 Å². The van der Waals surface area contributed by atoms with E-state index in [9.17, 15) is 4.79 Å². The van der Waals surface area contributed by atoms with Crippen LogP contribution in [0, 0.1) is 0 Å². The van der Waals surface area contributed by atoms with Crippen molar-refractivity contribution in [3.05, 3.63) is 30.2 Å². The van der Waals surface area contributed by atoms with Crippen LogP contribution in [0.4, 0.5) is 0 Å². The van der Waals surface area contributed by atoms with Gasteiger partial charge in [-0.25, -0.2) is 14.6 Å². The third kappa shape index (κ3) is 2.11. The van der Waals surface area contributed by atoms with Crippen LogP contribution in [0.2, 0.25) is 0 Å². The molecule has 0 unspecified atom stereocenters. The van der Waals surface area contributed by atoms with Crippen molar-refractivity contribution in [2.24, 2.45) is 7.05 Å². The highest BCUT2D eigenvalue weighted by molar-refractivity contribution is 7.99. The molecule has 0 atom stereocenters. The first-order chi connectivity index (χ1) is 7.68. The number of hydrogen-bond donors (Lipinski definition) is 0. The molecule has 0 N–H and O–H groups in total. The summed E-state index contributed by atoms with van der Waals surface area (Å²) in [5.41, 5.74) is 0.607. The number of ketones is 1. The van der Waals surface area contributed by atoms with Gasteiger partial charge >= 0.3 is 0 Å². The molecule has 2 aromatic rings. The lowest BCUT2D eigenvalue weighted by Gasteiger charge is -2.03. The molecule has 0 aliphatic heterocycles. The summed E-state index contributed by atoms with van der Waals surface area (Å²) in [5, 5.41) is 5.33. The summed E-state index contributed by atoms with van der Waals surface area (Å²) in [6.45, 7) is 1.53. The maximum Gasteiger partial charge on any atom is 0.192 e. The van der Waals surface area contributed by atoms with Crippen LogP contribution < -0.4 is 0 Å². The molecule has 0 saturated carbocycles. The molecular weight excluding hydrogens is 224 g/mol. The standard InChI is InChI=1S/C10H10N4OS/c1-7(15)8-4-3-5-11-9(8)16-10-12-6-13-14(10)2/h3-6H,1-2H3. The van der Waals surface area contributed by atoms with Crippen molar-refractivity contribution in [2.45, 2.75) is 17.1 Å². The molecule has 0 spiro atoms. The Bertz CT molecular complexity index is 523. The van der Waals surface area contributed by atoms with Gasteiger partial charge in [-0.2, -0.15) is 5.10 Å². The molecule has 0 radical (unpaired) electrons. The highest BCUT2D eigenvalue weighted by atomic mass is 32.2. The van der Waals surface area contributed by atoms with E-state index in [0.29, 0.717) is 15.7 Å². The monoisotopic (exact) mass is 234 g/mol. The topological polar surface area (TPSA) is 60.7 Å². The van der Waals surface area contributed by atoms with Gasteiger partial charge in [-0.1, -0.05) is 0 Å². The van der Waals surface area contributed by atoms with Crippen LogP contribution in [0.5, 0.6) is 0 Å². The van der Waals surface area contributed by atoms with Gasteiger partial charge in [0, 0.05) is 18.8 Å². The number of rotatable bonds is 3. The summed E-state index contributed by atoms with van der Waals surface area (Å²) in [4.78, 5) is 19.6. The van der Waals surface area contributed by atoms with E-state index in [4.69, 9.17) is 0 Å². The summed E-state index contributed by atoms with van der Waals surface area (Å²) < 4.78 is 1.64. The average Bonchev–Trinajstić information content (AvgIpc) is 2.65. The minimum absolute atomic E-state index is 0.00207. The molecule has 2 rings (SSSR count). The van der Waals surface area contributed by atoms with Crippen LogP contribution in [0.15, 0.2) is 34.8 Å². The third-order valence-corrected chi connectivity index (χ3v) is 3.08. The number of Topliss-reactive ketones (excluding diaryl/α,β-unsaturated/α-hetero) is 1. The molecule has 5 nitrogen and oxygen atoms in total. The molecule has 6 heteroatoms. The Balaban J connectivity index is 2.35. The number of carbonyl (C=O) groups excluding carboxylic acids is 1. The van der Waals surface area contributed by atoms with Crippen LogP contribution in [0.25, 0.3) is 0 Å². The Labute approximate surface area is 96.9 Å². The first-order valence-corrected chi connectivity index (χ1v) is 5.48. The second-order valence-corrected chi connectivity index (χ2v) is 4.14. The lowest BCUT2D eigenvalue weighted by Crippen LogP contribution is -1.99. The van der Waals surface area contributed by atoms with Crippen LogP contribution >= 0.6 is 11.8 Å². The zero-order chi connectivity index (χ0) is 11.5. The van der Waals surface area contributed by atoms with Gasteiger partial charge in [0.1, 0.15) is 11.4 Å². The first kappa shape index (κ1) is 10.8. The van der Waals surface area contributed by atoms with Gasteiger partial charge in [0.25, 0.3) is 0 Å². The zero-order valence-electron chi connectivity index (χ0n) is 8.91. The first-order valence-electron chi connectivity index (χ1n) is 4.66. The second kappa shape index (κ2) is 4.44. The Morgan fingerprint density at radius 2 is 2.25 bits per heavy atom. The Hall–Kier alpha value is -1.69. The number of pyridine rings is 1. The highest BCUT2D eigenvalue weighted by Gasteiger charge is 2.11. The van der Waals surface area contributed by atoms with E-state index >= 15 is 0 Å². The minimum atomic E-state index is -0.00207.